The molecule has 3 aromatic carbocycles. The van der Waals surface area contributed by atoms with Crippen molar-refractivity contribution in [1.82, 2.24) is 5.32 Å². The van der Waals surface area contributed by atoms with Gasteiger partial charge in [-0.25, -0.2) is 8.42 Å². The topological polar surface area (TPSA) is 75.3 Å². The third-order valence-electron chi connectivity index (χ3n) is 4.33. The minimum atomic E-state index is -3.80. The van der Waals surface area contributed by atoms with Gasteiger partial charge in [0, 0.05) is 11.4 Å². The second kappa shape index (κ2) is 9.62. The fourth-order valence-corrected chi connectivity index (χ4v) is 4.28. The van der Waals surface area contributed by atoms with Crippen LogP contribution in [0, 0.1) is 0 Å². The summed E-state index contributed by atoms with van der Waals surface area (Å²) in [6, 6.07) is 23.0. The van der Waals surface area contributed by atoms with Gasteiger partial charge in [0.15, 0.2) is 0 Å². The van der Waals surface area contributed by atoms with Crippen molar-refractivity contribution in [3.8, 4) is 0 Å². The van der Waals surface area contributed by atoms with Gasteiger partial charge in [-0.05, 0) is 54.6 Å². The van der Waals surface area contributed by atoms with Crippen molar-refractivity contribution in [2.75, 3.05) is 17.5 Å². The number of carbonyl (C=O) groups excluding carboxylic acids is 1. The Labute approximate surface area is 175 Å². The number of sulfonamides is 1. The summed E-state index contributed by atoms with van der Waals surface area (Å²) in [5.41, 5.74) is 1.65. The largest absolute Gasteiger partial charge is 0.352 e. The maximum Gasteiger partial charge on any atom is 0.261 e. The first kappa shape index (κ1) is 21.0. The van der Waals surface area contributed by atoms with Crippen molar-refractivity contribution in [3.63, 3.8) is 0 Å². The SMILES string of the molecule is CSc1ccc(S(=O)(=O)Nc2ccccc2C(=O)NCCc2ccccc2)cc1. The quantitative estimate of drug-likeness (QED) is 0.530. The Morgan fingerprint density at radius 3 is 2.24 bits per heavy atom. The first-order valence-electron chi connectivity index (χ1n) is 9.07. The molecule has 0 fully saturated rings. The first-order chi connectivity index (χ1) is 14.0. The summed E-state index contributed by atoms with van der Waals surface area (Å²) in [5, 5.41) is 2.85. The average molecular weight is 427 g/mol. The number of amides is 1. The van der Waals surface area contributed by atoms with E-state index in [-0.39, 0.29) is 22.1 Å². The zero-order chi connectivity index (χ0) is 20.7. The lowest BCUT2D eigenvalue weighted by molar-refractivity contribution is 0.0955. The third kappa shape index (κ3) is 5.62. The minimum Gasteiger partial charge on any atom is -0.352 e. The van der Waals surface area contributed by atoms with Crippen LogP contribution in [0.1, 0.15) is 15.9 Å². The third-order valence-corrected chi connectivity index (χ3v) is 6.45. The molecule has 2 N–H and O–H groups in total. The molecule has 0 spiro atoms. The van der Waals surface area contributed by atoms with Gasteiger partial charge in [-0.15, -0.1) is 11.8 Å². The Hall–Kier alpha value is -2.77. The van der Waals surface area contributed by atoms with Crippen molar-refractivity contribution >= 4 is 33.4 Å². The van der Waals surface area contributed by atoms with E-state index < -0.39 is 10.0 Å². The monoisotopic (exact) mass is 426 g/mol. The summed E-state index contributed by atoms with van der Waals surface area (Å²) in [4.78, 5) is 13.7. The van der Waals surface area contributed by atoms with E-state index in [0.717, 1.165) is 10.5 Å². The Morgan fingerprint density at radius 2 is 1.55 bits per heavy atom. The molecule has 0 saturated heterocycles. The lowest BCUT2D eigenvalue weighted by Crippen LogP contribution is -2.27. The van der Waals surface area contributed by atoms with Crippen molar-refractivity contribution in [2.24, 2.45) is 0 Å². The second-order valence-corrected chi connectivity index (χ2v) is 8.88. The normalized spacial score (nSPS) is 11.1. The number of para-hydroxylation sites is 1. The van der Waals surface area contributed by atoms with E-state index in [1.54, 1.807) is 48.5 Å². The van der Waals surface area contributed by atoms with Crippen molar-refractivity contribution in [1.29, 1.82) is 0 Å². The molecule has 7 heteroatoms. The summed E-state index contributed by atoms with van der Waals surface area (Å²) in [5.74, 6) is -0.322. The fraction of sp³-hybridized carbons (Fsp3) is 0.136. The smallest absolute Gasteiger partial charge is 0.261 e. The van der Waals surface area contributed by atoms with Gasteiger partial charge in [0.2, 0.25) is 0 Å². The summed E-state index contributed by atoms with van der Waals surface area (Å²) >= 11 is 1.54. The van der Waals surface area contributed by atoms with E-state index in [4.69, 9.17) is 0 Å². The van der Waals surface area contributed by atoms with E-state index in [0.29, 0.717) is 13.0 Å². The highest BCUT2D eigenvalue weighted by Crippen LogP contribution is 2.22. The lowest BCUT2D eigenvalue weighted by atomic mass is 10.1. The number of anilines is 1. The summed E-state index contributed by atoms with van der Waals surface area (Å²) in [6.45, 7) is 0.458. The molecular weight excluding hydrogens is 404 g/mol. The van der Waals surface area contributed by atoms with E-state index >= 15 is 0 Å². The molecule has 3 aromatic rings. The number of carbonyl (C=O) groups is 1. The highest BCUT2D eigenvalue weighted by molar-refractivity contribution is 7.98. The first-order valence-corrected chi connectivity index (χ1v) is 11.8. The average Bonchev–Trinajstić information content (AvgIpc) is 2.74. The molecule has 0 heterocycles. The fourth-order valence-electron chi connectivity index (χ4n) is 2.79. The van der Waals surface area contributed by atoms with E-state index in [1.165, 1.54) is 11.8 Å². The Balaban J connectivity index is 1.71. The Morgan fingerprint density at radius 1 is 0.897 bits per heavy atom. The van der Waals surface area contributed by atoms with Crippen molar-refractivity contribution < 1.29 is 13.2 Å². The van der Waals surface area contributed by atoms with Crippen LogP contribution in [0.5, 0.6) is 0 Å². The van der Waals surface area contributed by atoms with Crippen LogP contribution in [0.4, 0.5) is 5.69 Å². The molecule has 0 aromatic heterocycles. The van der Waals surface area contributed by atoms with Gasteiger partial charge in [0.25, 0.3) is 15.9 Å². The van der Waals surface area contributed by atoms with Gasteiger partial charge in [-0.2, -0.15) is 0 Å². The van der Waals surface area contributed by atoms with Crippen LogP contribution in [0.15, 0.2) is 88.7 Å². The minimum absolute atomic E-state index is 0.148. The maximum absolute atomic E-state index is 12.7. The number of rotatable bonds is 8. The zero-order valence-electron chi connectivity index (χ0n) is 16.0. The van der Waals surface area contributed by atoms with Crippen LogP contribution < -0.4 is 10.0 Å². The van der Waals surface area contributed by atoms with Gasteiger partial charge >= 0.3 is 0 Å². The second-order valence-electron chi connectivity index (χ2n) is 6.32. The predicted octanol–water partition coefficient (Wildman–Crippen LogP) is 4.18. The molecule has 0 bridgehead atoms. The molecule has 0 aliphatic heterocycles. The van der Waals surface area contributed by atoms with Crippen LogP contribution in [0.3, 0.4) is 0 Å². The molecule has 150 valence electrons. The lowest BCUT2D eigenvalue weighted by Gasteiger charge is -2.13. The summed E-state index contributed by atoms with van der Waals surface area (Å²) < 4.78 is 28.0. The number of benzene rings is 3. The number of thioether (sulfide) groups is 1. The van der Waals surface area contributed by atoms with Crippen LogP contribution >= 0.6 is 11.8 Å². The van der Waals surface area contributed by atoms with Gasteiger partial charge in [0.1, 0.15) is 0 Å². The van der Waals surface area contributed by atoms with Crippen LogP contribution in [0.25, 0.3) is 0 Å². The highest BCUT2D eigenvalue weighted by Gasteiger charge is 2.18. The van der Waals surface area contributed by atoms with Gasteiger partial charge in [-0.3, -0.25) is 9.52 Å². The maximum atomic E-state index is 12.7. The number of nitrogens with one attached hydrogen (secondary N) is 2. The Bertz CT molecular complexity index is 1070. The summed E-state index contributed by atoms with van der Waals surface area (Å²) in [6.07, 6.45) is 2.62. The molecule has 0 radical (unpaired) electrons. The molecule has 0 saturated carbocycles. The van der Waals surface area contributed by atoms with E-state index in [9.17, 15) is 13.2 Å². The molecule has 29 heavy (non-hydrogen) atoms. The molecule has 3 rings (SSSR count). The molecule has 0 atom stereocenters. The van der Waals surface area contributed by atoms with Crippen LogP contribution in [-0.4, -0.2) is 27.1 Å². The number of hydrogen-bond acceptors (Lipinski definition) is 4. The highest BCUT2D eigenvalue weighted by atomic mass is 32.2. The number of hydrogen-bond donors (Lipinski definition) is 2. The molecule has 0 aliphatic carbocycles. The van der Waals surface area contributed by atoms with Crippen molar-refractivity contribution in [3.05, 3.63) is 90.0 Å². The van der Waals surface area contributed by atoms with Crippen LogP contribution in [-0.2, 0) is 16.4 Å². The standard InChI is InChI=1S/C22H22N2O3S2/c1-28-18-11-13-19(14-12-18)29(26,27)24-21-10-6-5-9-20(21)22(25)23-16-15-17-7-3-2-4-8-17/h2-14,24H,15-16H2,1H3,(H,23,25). The predicted molar refractivity (Wildman–Crippen MR) is 118 cm³/mol. The van der Waals surface area contributed by atoms with Crippen molar-refractivity contribution in [2.45, 2.75) is 16.2 Å². The van der Waals surface area contributed by atoms with E-state index in [2.05, 4.69) is 10.0 Å². The van der Waals surface area contributed by atoms with Gasteiger partial charge < -0.3 is 5.32 Å². The molecule has 1 amide bonds. The van der Waals surface area contributed by atoms with Gasteiger partial charge in [0.05, 0.1) is 16.1 Å². The van der Waals surface area contributed by atoms with Crippen LogP contribution in [0.2, 0.25) is 0 Å². The zero-order valence-corrected chi connectivity index (χ0v) is 17.6. The Kier molecular flexibility index (Phi) is 6.95. The summed E-state index contributed by atoms with van der Waals surface area (Å²) in [7, 11) is -3.80. The molecular formula is C22H22N2O3S2. The molecule has 0 unspecified atom stereocenters. The molecule has 0 aliphatic rings. The van der Waals surface area contributed by atoms with E-state index in [1.807, 2.05) is 36.6 Å². The van der Waals surface area contributed by atoms with Gasteiger partial charge in [-0.1, -0.05) is 42.5 Å². The molecule has 5 nitrogen and oxygen atoms in total.